The minimum absolute atomic E-state index is 0.0810. The molecule has 1 saturated heterocycles. The summed E-state index contributed by atoms with van der Waals surface area (Å²) >= 11 is 0. The van der Waals surface area contributed by atoms with Crippen LogP contribution in [0.2, 0.25) is 0 Å². The lowest BCUT2D eigenvalue weighted by Crippen LogP contribution is -2.54. The van der Waals surface area contributed by atoms with Crippen LogP contribution in [0.25, 0.3) is 0 Å². The maximum atomic E-state index is 12.3. The normalized spacial score (nSPS) is 24.1. The van der Waals surface area contributed by atoms with Crippen molar-refractivity contribution in [1.29, 1.82) is 0 Å². The largest absolute Gasteiger partial charge is 0.378 e. The average molecular weight is 274 g/mol. The Hall–Kier alpha value is -1.39. The van der Waals surface area contributed by atoms with Gasteiger partial charge < -0.3 is 15.4 Å². The van der Waals surface area contributed by atoms with Crippen LogP contribution in [0.3, 0.4) is 0 Å². The third-order valence-electron chi connectivity index (χ3n) is 4.06. The first-order valence-electron chi connectivity index (χ1n) is 7.48. The van der Waals surface area contributed by atoms with Crippen molar-refractivity contribution in [3.05, 3.63) is 35.9 Å². The number of morpholine rings is 1. The number of benzene rings is 1. The topological polar surface area (TPSA) is 50.4 Å². The number of carbonyl (C=O) groups is 1. The van der Waals surface area contributed by atoms with Gasteiger partial charge in [-0.3, -0.25) is 4.79 Å². The van der Waals surface area contributed by atoms with E-state index >= 15 is 0 Å². The van der Waals surface area contributed by atoms with Gasteiger partial charge in [0, 0.05) is 12.6 Å². The van der Waals surface area contributed by atoms with Crippen LogP contribution in [0.15, 0.2) is 30.3 Å². The minimum atomic E-state index is -0.194. The lowest BCUT2D eigenvalue weighted by Gasteiger charge is -2.26. The fourth-order valence-electron chi connectivity index (χ4n) is 2.72. The molecule has 2 atom stereocenters. The van der Waals surface area contributed by atoms with Gasteiger partial charge in [0.25, 0.3) is 0 Å². The summed E-state index contributed by atoms with van der Waals surface area (Å²) in [6.45, 7) is 1.93. The van der Waals surface area contributed by atoms with E-state index in [2.05, 4.69) is 34.9 Å². The highest BCUT2D eigenvalue weighted by molar-refractivity contribution is 5.82. The summed E-state index contributed by atoms with van der Waals surface area (Å²) in [5, 5.41) is 6.43. The van der Waals surface area contributed by atoms with E-state index in [0.717, 1.165) is 13.0 Å². The van der Waals surface area contributed by atoms with Crippen LogP contribution in [0, 0.1) is 5.92 Å². The van der Waals surface area contributed by atoms with Crippen molar-refractivity contribution in [3.8, 4) is 0 Å². The minimum Gasteiger partial charge on any atom is -0.378 e. The van der Waals surface area contributed by atoms with Crippen molar-refractivity contribution in [3.63, 3.8) is 0 Å². The van der Waals surface area contributed by atoms with E-state index < -0.39 is 0 Å². The van der Waals surface area contributed by atoms with E-state index in [9.17, 15) is 4.79 Å². The van der Waals surface area contributed by atoms with E-state index in [4.69, 9.17) is 4.74 Å². The zero-order chi connectivity index (χ0) is 13.8. The van der Waals surface area contributed by atoms with Gasteiger partial charge in [-0.2, -0.15) is 0 Å². The van der Waals surface area contributed by atoms with Gasteiger partial charge in [0.05, 0.1) is 13.2 Å². The van der Waals surface area contributed by atoms with Gasteiger partial charge in [-0.1, -0.05) is 30.3 Å². The van der Waals surface area contributed by atoms with Gasteiger partial charge in [-0.25, -0.2) is 0 Å². The highest BCUT2D eigenvalue weighted by Crippen LogP contribution is 2.34. The third kappa shape index (κ3) is 3.58. The van der Waals surface area contributed by atoms with Crippen LogP contribution in [0.1, 0.15) is 18.4 Å². The number of rotatable bonds is 5. The van der Waals surface area contributed by atoms with Crippen LogP contribution >= 0.6 is 0 Å². The first kappa shape index (κ1) is 13.6. The summed E-state index contributed by atoms with van der Waals surface area (Å²) in [6.07, 6.45) is 3.38. The molecule has 3 rings (SSSR count). The van der Waals surface area contributed by atoms with Crippen LogP contribution in [-0.4, -0.2) is 37.7 Å². The molecule has 4 nitrogen and oxygen atoms in total. The van der Waals surface area contributed by atoms with Crippen molar-refractivity contribution in [2.24, 2.45) is 5.92 Å². The molecule has 0 aromatic heterocycles. The number of carbonyl (C=O) groups excluding carboxylic acids is 1. The Morgan fingerprint density at radius 1 is 1.35 bits per heavy atom. The Balaban J connectivity index is 1.58. The van der Waals surface area contributed by atoms with Gasteiger partial charge >= 0.3 is 0 Å². The molecule has 0 radical (unpaired) electrons. The summed E-state index contributed by atoms with van der Waals surface area (Å²) in [6, 6.07) is 10.5. The summed E-state index contributed by atoms with van der Waals surface area (Å²) in [7, 11) is 0. The monoisotopic (exact) mass is 274 g/mol. The van der Waals surface area contributed by atoms with Crippen LogP contribution in [0.5, 0.6) is 0 Å². The second-order valence-electron chi connectivity index (χ2n) is 5.72. The van der Waals surface area contributed by atoms with Crippen LogP contribution < -0.4 is 10.6 Å². The summed E-state index contributed by atoms with van der Waals surface area (Å²) in [5.41, 5.74) is 1.29. The molecular formula is C16H22N2O2. The number of hydrogen-bond donors (Lipinski definition) is 2. The van der Waals surface area contributed by atoms with Crippen molar-refractivity contribution >= 4 is 5.91 Å². The molecule has 2 N–H and O–H groups in total. The third-order valence-corrected chi connectivity index (χ3v) is 4.06. The van der Waals surface area contributed by atoms with E-state index in [0.29, 0.717) is 19.1 Å². The maximum Gasteiger partial charge on any atom is 0.239 e. The van der Waals surface area contributed by atoms with Gasteiger partial charge in [0.15, 0.2) is 0 Å². The average Bonchev–Trinajstić information content (AvgIpc) is 3.33. The molecule has 4 heteroatoms. The van der Waals surface area contributed by atoms with Gasteiger partial charge in [-0.15, -0.1) is 0 Å². The molecule has 2 unspecified atom stereocenters. The second kappa shape index (κ2) is 6.37. The van der Waals surface area contributed by atoms with Crippen molar-refractivity contribution in [1.82, 2.24) is 10.6 Å². The molecular weight excluding hydrogens is 252 g/mol. The molecule has 1 saturated carbocycles. The number of ether oxygens (including phenoxy) is 1. The predicted octanol–water partition coefficient (Wildman–Crippen LogP) is 1.11. The van der Waals surface area contributed by atoms with E-state index in [1.54, 1.807) is 0 Å². The second-order valence-corrected chi connectivity index (χ2v) is 5.72. The Labute approximate surface area is 119 Å². The highest BCUT2D eigenvalue weighted by atomic mass is 16.5. The number of nitrogens with one attached hydrogen (secondary N) is 2. The molecule has 1 aromatic rings. The molecule has 1 aromatic carbocycles. The maximum absolute atomic E-state index is 12.3. The highest BCUT2D eigenvalue weighted by Gasteiger charge is 2.34. The smallest absolute Gasteiger partial charge is 0.239 e. The molecule has 0 bridgehead atoms. The van der Waals surface area contributed by atoms with Crippen molar-refractivity contribution < 1.29 is 9.53 Å². The Morgan fingerprint density at radius 3 is 2.80 bits per heavy atom. The van der Waals surface area contributed by atoms with Crippen LogP contribution in [-0.2, 0) is 16.0 Å². The van der Waals surface area contributed by atoms with E-state index in [-0.39, 0.29) is 18.0 Å². The van der Waals surface area contributed by atoms with Gasteiger partial charge in [-0.05, 0) is 30.7 Å². The van der Waals surface area contributed by atoms with Gasteiger partial charge in [0.1, 0.15) is 6.04 Å². The summed E-state index contributed by atoms with van der Waals surface area (Å²) in [4.78, 5) is 12.3. The molecule has 1 amide bonds. The standard InChI is InChI=1S/C16H22N2O2/c19-16(15-11-20-9-8-17-15)18-14(13-6-7-13)10-12-4-2-1-3-5-12/h1-5,13-15,17H,6-11H2,(H,18,19). The molecule has 0 spiro atoms. The Bertz CT molecular complexity index is 439. The quantitative estimate of drug-likeness (QED) is 0.846. The lowest BCUT2D eigenvalue weighted by atomic mass is 10.0. The van der Waals surface area contributed by atoms with Gasteiger partial charge in [0.2, 0.25) is 5.91 Å². The molecule has 20 heavy (non-hydrogen) atoms. The first-order chi connectivity index (χ1) is 9.83. The fraction of sp³-hybridized carbons (Fsp3) is 0.562. The number of amides is 1. The summed E-state index contributed by atoms with van der Waals surface area (Å²) in [5.74, 6) is 0.723. The number of hydrogen-bond acceptors (Lipinski definition) is 3. The van der Waals surface area contributed by atoms with E-state index in [1.165, 1.54) is 18.4 Å². The Morgan fingerprint density at radius 2 is 2.15 bits per heavy atom. The Kier molecular flexibility index (Phi) is 4.33. The van der Waals surface area contributed by atoms with Crippen LogP contribution in [0.4, 0.5) is 0 Å². The van der Waals surface area contributed by atoms with Crippen molar-refractivity contribution in [2.75, 3.05) is 19.8 Å². The molecule has 1 aliphatic carbocycles. The lowest BCUT2D eigenvalue weighted by molar-refractivity contribution is -0.126. The molecule has 2 fully saturated rings. The fourth-order valence-corrected chi connectivity index (χ4v) is 2.72. The first-order valence-corrected chi connectivity index (χ1v) is 7.48. The summed E-state index contributed by atoms with van der Waals surface area (Å²) < 4.78 is 5.36. The molecule has 108 valence electrons. The zero-order valence-electron chi connectivity index (χ0n) is 11.7. The molecule has 1 aliphatic heterocycles. The van der Waals surface area contributed by atoms with Crippen molar-refractivity contribution in [2.45, 2.75) is 31.3 Å². The molecule has 1 heterocycles. The SMILES string of the molecule is O=C(NC(Cc1ccccc1)C1CC1)C1COCCN1. The predicted molar refractivity (Wildman–Crippen MR) is 77.4 cm³/mol. The molecule has 2 aliphatic rings. The zero-order valence-corrected chi connectivity index (χ0v) is 11.7. The van der Waals surface area contributed by atoms with E-state index in [1.807, 2.05) is 6.07 Å².